The Hall–Kier alpha value is -2.12. The van der Waals surface area contributed by atoms with Gasteiger partial charge in [-0.25, -0.2) is 4.79 Å². The van der Waals surface area contributed by atoms with E-state index in [2.05, 4.69) is 22.3 Å². The lowest BCUT2D eigenvalue weighted by Crippen LogP contribution is -2.51. The van der Waals surface area contributed by atoms with E-state index in [4.69, 9.17) is 9.84 Å². The second-order valence-corrected chi connectivity index (χ2v) is 9.52. The highest BCUT2D eigenvalue weighted by atomic mass is 16.5. The van der Waals surface area contributed by atoms with Gasteiger partial charge in [0.25, 0.3) is 0 Å². The first-order chi connectivity index (χ1) is 14.2. The summed E-state index contributed by atoms with van der Waals surface area (Å²) in [6, 6.07) is 10.4. The maximum absolute atomic E-state index is 12.7. The van der Waals surface area contributed by atoms with E-state index in [1.54, 1.807) is 0 Å². The van der Waals surface area contributed by atoms with Crippen molar-refractivity contribution in [3.05, 3.63) is 35.9 Å². The molecule has 2 N–H and O–H groups in total. The van der Waals surface area contributed by atoms with Crippen LogP contribution in [0.3, 0.4) is 0 Å². The number of nitrogens with zero attached hydrogens (tertiary/aromatic N) is 2. The summed E-state index contributed by atoms with van der Waals surface area (Å²) in [6.07, 6.45) is 2.35. The molecular weight excluding hydrogens is 382 g/mol. The van der Waals surface area contributed by atoms with Gasteiger partial charge in [-0.2, -0.15) is 0 Å². The molecule has 3 rings (SSSR count). The highest BCUT2D eigenvalue weighted by Crippen LogP contribution is 2.37. The highest BCUT2D eigenvalue weighted by molar-refractivity contribution is 5.81. The number of ether oxygens (including phenoxy) is 1. The van der Waals surface area contributed by atoms with Gasteiger partial charge in [-0.1, -0.05) is 51.1 Å². The molecule has 7 nitrogen and oxygen atoms in total. The third-order valence-electron chi connectivity index (χ3n) is 6.26. The average molecular weight is 418 g/mol. The van der Waals surface area contributed by atoms with Gasteiger partial charge in [0.15, 0.2) is 0 Å². The first-order valence-corrected chi connectivity index (χ1v) is 10.9. The van der Waals surface area contributed by atoms with Crippen LogP contribution in [0.4, 0.5) is 4.79 Å². The fourth-order valence-corrected chi connectivity index (χ4v) is 4.41. The minimum Gasteiger partial charge on any atom is -0.465 e. The fraction of sp³-hybridized carbons (Fsp3) is 0.652. The van der Waals surface area contributed by atoms with Crippen LogP contribution in [0, 0.1) is 5.41 Å². The van der Waals surface area contributed by atoms with Crippen LogP contribution in [0.25, 0.3) is 0 Å². The lowest BCUT2D eigenvalue weighted by Gasteiger charge is -2.44. The van der Waals surface area contributed by atoms with Crippen LogP contribution >= 0.6 is 0 Å². The number of carbonyl (C=O) groups excluding carboxylic acids is 1. The van der Waals surface area contributed by atoms with Crippen molar-refractivity contribution in [2.75, 3.05) is 32.9 Å². The molecule has 1 aromatic rings. The van der Waals surface area contributed by atoms with E-state index in [0.29, 0.717) is 13.3 Å². The first-order valence-electron chi connectivity index (χ1n) is 10.9. The number of carboxylic acid groups (broad SMARTS) is 1. The SMILES string of the molecule is CC(C)(C)C(=O)N1CCC(CCN2CCC(NC(=O)O)CC2)(c2ccccc2)OC1. The molecule has 0 bridgehead atoms. The number of nitrogens with one attached hydrogen (secondary N) is 1. The summed E-state index contributed by atoms with van der Waals surface area (Å²) in [6.45, 7) is 9.48. The Kier molecular flexibility index (Phi) is 7.03. The molecular formula is C23H35N3O4. The Bertz CT molecular complexity index is 716. The Morgan fingerprint density at radius 3 is 2.37 bits per heavy atom. The van der Waals surface area contributed by atoms with Crippen LogP contribution in [0.15, 0.2) is 30.3 Å². The van der Waals surface area contributed by atoms with Gasteiger partial charge in [0, 0.05) is 37.6 Å². The van der Waals surface area contributed by atoms with Gasteiger partial charge < -0.3 is 25.0 Å². The number of carbonyl (C=O) groups is 2. The largest absolute Gasteiger partial charge is 0.465 e. The molecule has 1 unspecified atom stereocenters. The van der Waals surface area contributed by atoms with Crippen LogP contribution in [0.1, 0.15) is 52.0 Å². The van der Waals surface area contributed by atoms with E-state index in [9.17, 15) is 9.59 Å². The van der Waals surface area contributed by atoms with Crippen LogP contribution in [0.5, 0.6) is 0 Å². The third kappa shape index (κ3) is 5.52. The molecule has 0 aromatic heterocycles. The molecule has 0 spiro atoms. The monoisotopic (exact) mass is 417 g/mol. The second-order valence-electron chi connectivity index (χ2n) is 9.52. The van der Waals surface area contributed by atoms with Gasteiger partial charge >= 0.3 is 6.09 Å². The van der Waals surface area contributed by atoms with E-state index in [1.165, 1.54) is 0 Å². The summed E-state index contributed by atoms with van der Waals surface area (Å²) in [4.78, 5) is 27.7. The van der Waals surface area contributed by atoms with Gasteiger partial charge in [-0.05, 0) is 31.2 Å². The molecule has 0 aliphatic carbocycles. The van der Waals surface area contributed by atoms with Crippen LogP contribution in [-0.2, 0) is 15.1 Å². The zero-order valence-electron chi connectivity index (χ0n) is 18.4. The fourth-order valence-electron chi connectivity index (χ4n) is 4.41. The molecule has 7 heteroatoms. The van der Waals surface area contributed by atoms with Crippen molar-refractivity contribution < 1.29 is 19.4 Å². The van der Waals surface area contributed by atoms with Crippen molar-refractivity contribution >= 4 is 12.0 Å². The molecule has 166 valence electrons. The van der Waals surface area contributed by atoms with E-state index < -0.39 is 17.1 Å². The predicted octanol–water partition coefficient (Wildman–Crippen LogP) is 3.26. The summed E-state index contributed by atoms with van der Waals surface area (Å²) in [5, 5.41) is 11.5. The Balaban J connectivity index is 1.62. The minimum absolute atomic E-state index is 0.0460. The standard InChI is InChI=1S/C23H35N3O4/c1-22(2,3)20(27)26-16-12-23(30-17-26,18-7-5-4-6-8-18)11-15-25-13-9-19(10-14-25)24-21(28)29/h4-8,19,24H,9-17H2,1-3H3,(H,28,29). The molecule has 1 atom stereocenters. The molecule has 2 aliphatic heterocycles. The molecule has 1 aromatic carbocycles. The number of piperidine rings is 1. The Labute approximate surface area is 179 Å². The van der Waals surface area contributed by atoms with Crippen LogP contribution in [0.2, 0.25) is 0 Å². The second kappa shape index (κ2) is 9.35. The normalized spacial score (nSPS) is 23.9. The number of amides is 2. The third-order valence-corrected chi connectivity index (χ3v) is 6.26. The Morgan fingerprint density at radius 1 is 1.17 bits per heavy atom. The lowest BCUT2D eigenvalue weighted by atomic mass is 9.85. The maximum atomic E-state index is 12.7. The van der Waals surface area contributed by atoms with Crippen molar-refractivity contribution in [2.45, 2.75) is 58.1 Å². The first kappa shape index (κ1) is 22.6. The topological polar surface area (TPSA) is 82.1 Å². The number of hydrogen-bond donors (Lipinski definition) is 2. The maximum Gasteiger partial charge on any atom is 0.404 e. The van der Waals surface area contributed by atoms with Crippen LogP contribution < -0.4 is 5.32 Å². The number of likely N-dealkylation sites (tertiary alicyclic amines) is 1. The van der Waals surface area contributed by atoms with Crippen LogP contribution in [-0.4, -0.2) is 65.9 Å². The molecule has 0 saturated carbocycles. The van der Waals surface area contributed by atoms with E-state index >= 15 is 0 Å². The van der Waals surface area contributed by atoms with E-state index in [-0.39, 0.29) is 11.9 Å². The average Bonchev–Trinajstić information content (AvgIpc) is 2.73. The lowest BCUT2D eigenvalue weighted by molar-refractivity contribution is -0.175. The molecule has 2 aliphatic rings. The quantitative estimate of drug-likeness (QED) is 0.769. The van der Waals surface area contributed by atoms with Gasteiger partial charge in [0.2, 0.25) is 5.91 Å². The summed E-state index contributed by atoms with van der Waals surface area (Å²) in [7, 11) is 0. The van der Waals surface area contributed by atoms with Crippen molar-refractivity contribution in [1.29, 1.82) is 0 Å². The van der Waals surface area contributed by atoms with Gasteiger partial charge in [0.05, 0.1) is 5.60 Å². The molecule has 2 saturated heterocycles. The number of rotatable bonds is 5. The van der Waals surface area contributed by atoms with Crippen molar-refractivity contribution in [3.63, 3.8) is 0 Å². The van der Waals surface area contributed by atoms with Crippen molar-refractivity contribution in [2.24, 2.45) is 5.41 Å². The van der Waals surface area contributed by atoms with Gasteiger partial charge in [-0.3, -0.25) is 4.79 Å². The molecule has 30 heavy (non-hydrogen) atoms. The Morgan fingerprint density at radius 2 is 1.83 bits per heavy atom. The van der Waals surface area contributed by atoms with E-state index in [0.717, 1.165) is 50.9 Å². The molecule has 2 fully saturated rings. The molecule has 2 heterocycles. The smallest absolute Gasteiger partial charge is 0.404 e. The summed E-state index contributed by atoms with van der Waals surface area (Å²) >= 11 is 0. The van der Waals surface area contributed by atoms with Gasteiger partial charge in [-0.15, -0.1) is 0 Å². The number of hydrogen-bond acceptors (Lipinski definition) is 4. The summed E-state index contributed by atoms with van der Waals surface area (Å²) in [5.74, 6) is 0.122. The zero-order valence-corrected chi connectivity index (χ0v) is 18.4. The van der Waals surface area contributed by atoms with Gasteiger partial charge in [0.1, 0.15) is 6.73 Å². The summed E-state index contributed by atoms with van der Waals surface area (Å²) in [5.41, 5.74) is 0.353. The number of benzene rings is 1. The highest BCUT2D eigenvalue weighted by Gasteiger charge is 2.40. The molecule has 2 amide bonds. The van der Waals surface area contributed by atoms with Crippen molar-refractivity contribution in [1.82, 2.24) is 15.1 Å². The zero-order chi connectivity index (χ0) is 21.8. The minimum atomic E-state index is -0.943. The summed E-state index contributed by atoms with van der Waals surface area (Å²) < 4.78 is 6.43. The molecule has 0 radical (unpaired) electrons. The van der Waals surface area contributed by atoms with Crippen molar-refractivity contribution in [3.8, 4) is 0 Å². The van der Waals surface area contributed by atoms with E-state index in [1.807, 2.05) is 43.9 Å². The predicted molar refractivity (Wildman–Crippen MR) is 115 cm³/mol.